The van der Waals surface area contributed by atoms with Crippen LogP contribution in [0.3, 0.4) is 0 Å². The van der Waals surface area contributed by atoms with Crippen LogP contribution in [0.5, 0.6) is 11.9 Å². The van der Waals surface area contributed by atoms with Gasteiger partial charge >= 0.3 is 6.01 Å². The third-order valence-corrected chi connectivity index (χ3v) is 5.64. The highest BCUT2D eigenvalue weighted by molar-refractivity contribution is 5.68. The second-order valence-electron chi connectivity index (χ2n) is 7.50. The SMILES string of the molecule is COc1ncc(-c2cc([C@H]3C[C@@H]3c3ccc(C(F)F)cc3)c3ncc(F)n3n2)c(OC)n1. The van der Waals surface area contributed by atoms with Gasteiger partial charge in [0.25, 0.3) is 6.43 Å². The fourth-order valence-electron chi connectivity index (χ4n) is 3.95. The third kappa shape index (κ3) is 3.41. The molecule has 5 rings (SSSR count). The molecule has 0 N–H and O–H groups in total. The monoisotopic (exact) mass is 441 g/mol. The Morgan fingerprint density at radius 1 is 1.03 bits per heavy atom. The molecule has 0 saturated heterocycles. The van der Waals surface area contributed by atoms with E-state index in [9.17, 15) is 13.2 Å². The van der Waals surface area contributed by atoms with Crippen LogP contribution in [0.15, 0.2) is 42.7 Å². The lowest BCUT2D eigenvalue weighted by Crippen LogP contribution is -2.04. The Labute approximate surface area is 180 Å². The number of alkyl halides is 2. The fourth-order valence-corrected chi connectivity index (χ4v) is 3.95. The van der Waals surface area contributed by atoms with Crippen LogP contribution in [0, 0.1) is 5.95 Å². The summed E-state index contributed by atoms with van der Waals surface area (Å²) >= 11 is 0. The van der Waals surface area contributed by atoms with E-state index in [2.05, 4.69) is 20.1 Å². The van der Waals surface area contributed by atoms with Gasteiger partial charge in [0, 0.05) is 17.3 Å². The summed E-state index contributed by atoms with van der Waals surface area (Å²) in [5, 5.41) is 4.36. The van der Waals surface area contributed by atoms with E-state index in [1.165, 1.54) is 32.5 Å². The average Bonchev–Trinajstić information content (AvgIpc) is 3.54. The van der Waals surface area contributed by atoms with E-state index < -0.39 is 12.4 Å². The molecule has 0 bridgehead atoms. The summed E-state index contributed by atoms with van der Waals surface area (Å²) in [5.74, 6) is -0.196. The Morgan fingerprint density at radius 2 is 1.81 bits per heavy atom. The van der Waals surface area contributed by atoms with Gasteiger partial charge in [0.1, 0.15) is 0 Å². The van der Waals surface area contributed by atoms with Crippen molar-refractivity contribution in [1.82, 2.24) is 24.6 Å². The number of methoxy groups -OCH3 is 2. The molecule has 2 atom stereocenters. The maximum atomic E-state index is 14.4. The second-order valence-corrected chi connectivity index (χ2v) is 7.50. The summed E-state index contributed by atoms with van der Waals surface area (Å²) in [6.07, 6.45) is 0.908. The molecule has 1 aliphatic carbocycles. The van der Waals surface area contributed by atoms with Crippen LogP contribution < -0.4 is 9.47 Å². The van der Waals surface area contributed by atoms with E-state index in [0.29, 0.717) is 16.9 Å². The topological polar surface area (TPSA) is 74.4 Å². The van der Waals surface area contributed by atoms with Crippen LogP contribution in [0.1, 0.15) is 41.4 Å². The maximum Gasteiger partial charge on any atom is 0.319 e. The Kier molecular flexibility index (Phi) is 4.91. The van der Waals surface area contributed by atoms with Gasteiger partial charge in [-0.2, -0.15) is 19.0 Å². The third-order valence-electron chi connectivity index (χ3n) is 5.64. The highest BCUT2D eigenvalue weighted by Crippen LogP contribution is 2.56. The number of fused-ring (bicyclic) bond motifs is 1. The molecule has 1 aromatic carbocycles. The van der Waals surface area contributed by atoms with E-state index in [0.717, 1.165) is 28.3 Å². The van der Waals surface area contributed by atoms with Gasteiger partial charge in [-0.05, 0) is 29.9 Å². The summed E-state index contributed by atoms with van der Waals surface area (Å²) < 4.78 is 51.7. The molecule has 1 saturated carbocycles. The van der Waals surface area contributed by atoms with Crippen molar-refractivity contribution < 1.29 is 22.6 Å². The van der Waals surface area contributed by atoms with Crippen LogP contribution in [0.25, 0.3) is 16.9 Å². The number of nitrogens with zero attached hydrogens (tertiary/aromatic N) is 5. The van der Waals surface area contributed by atoms with Crippen molar-refractivity contribution in [1.29, 1.82) is 0 Å². The van der Waals surface area contributed by atoms with Crippen molar-refractivity contribution in [3.05, 3.63) is 65.4 Å². The first-order valence-corrected chi connectivity index (χ1v) is 9.87. The number of hydrogen-bond acceptors (Lipinski definition) is 6. The van der Waals surface area contributed by atoms with Gasteiger partial charge in [0.2, 0.25) is 11.8 Å². The molecule has 3 aromatic heterocycles. The van der Waals surface area contributed by atoms with Crippen molar-refractivity contribution in [3.63, 3.8) is 0 Å². The molecule has 4 aromatic rings. The van der Waals surface area contributed by atoms with Gasteiger partial charge in [0.15, 0.2) is 5.65 Å². The number of aromatic nitrogens is 5. The molecule has 0 radical (unpaired) electrons. The lowest BCUT2D eigenvalue weighted by Gasteiger charge is -2.11. The van der Waals surface area contributed by atoms with Crippen molar-refractivity contribution in [2.45, 2.75) is 24.7 Å². The van der Waals surface area contributed by atoms with Crippen molar-refractivity contribution in [2.75, 3.05) is 14.2 Å². The number of imidazole rings is 1. The van der Waals surface area contributed by atoms with E-state index in [4.69, 9.17) is 9.47 Å². The molecular weight excluding hydrogens is 423 g/mol. The minimum Gasteiger partial charge on any atom is -0.480 e. The zero-order valence-electron chi connectivity index (χ0n) is 17.2. The molecule has 164 valence electrons. The summed E-state index contributed by atoms with van der Waals surface area (Å²) in [6.45, 7) is 0. The molecule has 1 fully saturated rings. The zero-order chi connectivity index (χ0) is 22.4. The van der Waals surface area contributed by atoms with Crippen LogP contribution >= 0.6 is 0 Å². The Bertz CT molecular complexity index is 1290. The van der Waals surface area contributed by atoms with Gasteiger partial charge in [-0.3, -0.25) is 0 Å². The molecule has 7 nitrogen and oxygen atoms in total. The minimum absolute atomic E-state index is 0.0125. The Balaban J connectivity index is 1.56. The summed E-state index contributed by atoms with van der Waals surface area (Å²) in [6, 6.07) is 8.29. The average molecular weight is 441 g/mol. The number of hydrogen-bond donors (Lipinski definition) is 0. The first kappa shape index (κ1) is 20.2. The number of rotatable bonds is 6. The molecule has 0 amide bonds. The van der Waals surface area contributed by atoms with Crippen molar-refractivity contribution >= 4 is 5.65 Å². The molecule has 0 aliphatic heterocycles. The minimum atomic E-state index is -2.50. The molecule has 0 spiro atoms. The predicted molar refractivity (Wildman–Crippen MR) is 109 cm³/mol. The summed E-state index contributed by atoms with van der Waals surface area (Å²) in [4.78, 5) is 12.5. The molecule has 0 unspecified atom stereocenters. The summed E-state index contributed by atoms with van der Waals surface area (Å²) in [7, 11) is 2.90. The van der Waals surface area contributed by atoms with Crippen LogP contribution in [-0.4, -0.2) is 38.8 Å². The predicted octanol–water partition coefficient (Wildman–Crippen LogP) is 4.55. The first-order chi connectivity index (χ1) is 15.5. The van der Waals surface area contributed by atoms with Crippen LogP contribution in [0.2, 0.25) is 0 Å². The molecule has 3 heterocycles. The summed E-state index contributed by atoms with van der Waals surface area (Å²) in [5.41, 5.74) is 3.05. The second kappa shape index (κ2) is 7.77. The standard InChI is InChI=1S/C22H18F3N5O2/c1-31-21-16(9-27-22(28-21)32-2)17-8-15(20-26-10-18(23)30(20)29-17)14-7-13(14)11-3-5-12(6-4-11)19(24)25/h3-6,8-10,13-14,19H,7H2,1-2H3/t13-,14+/m1/s1. The lowest BCUT2D eigenvalue weighted by molar-refractivity contribution is 0.151. The van der Waals surface area contributed by atoms with Crippen molar-refractivity contribution in [3.8, 4) is 23.1 Å². The normalized spacial score (nSPS) is 17.7. The molecular formula is C22H18F3N5O2. The van der Waals surface area contributed by atoms with E-state index in [-0.39, 0.29) is 29.3 Å². The highest BCUT2D eigenvalue weighted by atomic mass is 19.3. The smallest absolute Gasteiger partial charge is 0.319 e. The van der Waals surface area contributed by atoms with Gasteiger partial charge in [-0.15, -0.1) is 0 Å². The van der Waals surface area contributed by atoms with Crippen LogP contribution in [0.4, 0.5) is 13.2 Å². The molecule has 10 heteroatoms. The number of benzene rings is 1. The van der Waals surface area contributed by atoms with Gasteiger partial charge in [0.05, 0.1) is 31.7 Å². The Morgan fingerprint density at radius 3 is 2.50 bits per heavy atom. The lowest BCUT2D eigenvalue weighted by atomic mass is 10.0. The van der Waals surface area contributed by atoms with Gasteiger partial charge in [-0.1, -0.05) is 24.3 Å². The molecule has 1 aliphatic rings. The van der Waals surface area contributed by atoms with Crippen LogP contribution in [-0.2, 0) is 0 Å². The quantitative estimate of drug-likeness (QED) is 0.437. The van der Waals surface area contributed by atoms with Gasteiger partial charge < -0.3 is 9.47 Å². The number of ether oxygens (including phenoxy) is 2. The van der Waals surface area contributed by atoms with Gasteiger partial charge in [-0.25, -0.2) is 18.7 Å². The zero-order valence-corrected chi connectivity index (χ0v) is 17.2. The van der Waals surface area contributed by atoms with E-state index in [1.54, 1.807) is 12.1 Å². The highest BCUT2D eigenvalue weighted by Gasteiger charge is 2.41. The number of halogens is 3. The molecule has 32 heavy (non-hydrogen) atoms. The Hall–Kier alpha value is -3.69. The largest absolute Gasteiger partial charge is 0.480 e. The fraction of sp³-hybridized carbons (Fsp3) is 0.273. The first-order valence-electron chi connectivity index (χ1n) is 9.87. The van der Waals surface area contributed by atoms with Crippen molar-refractivity contribution in [2.24, 2.45) is 0 Å². The van der Waals surface area contributed by atoms with E-state index in [1.807, 2.05) is 6.07 Å². The maximum absolute atomic E-state index is 14.4. The van der Waals surface area contributed by atoms with E-state index >= 15 is 0 Å².